The van der Waals surface area contributed by atoms with Gasteiger partial charge in [0.05, 0.1) is 25.0 Å². The zero-order chi connectivity index (χ0) is 15.1. The van der Waals surface area contributed by atoms with E-state index in [0.717, 1.165) is 37.7 Å². The molecule has 21 heavy (non-hydrogen) atoms. The summed E-state index contributed by atoms with van der Waals surface area (Å²) in [6.45, 7) is 4.02. The Kier molecular flexibility index (Phi) is 6.66. The number of piperidine rings is 1. The van der Waals surface area contributed by atoms with Gasteiger partial charge in [-0.15, -0.1) is 0 Å². The number of halogens is 1. The lowest BCUT2D eigenvalue weighted by molar-refractivity contribution is 0.181. The summed E-state index contributed by atoms with van der Waals surface area (Å²) in [6.07, 6.45) is 5.34. The van der Waals surface area contributed by atoms with Crippen LogP contribution in [0.3, 0.4) is 0 Å². The zero-order valence-electron chi connectivity index (χ0n) is 12.4. The van der Waals surface area contributed by atoms with E-state index in [2.05, 4.69) is 31.7 Å². The number of methoxy groups -OCH3 is 1. The molecule has 1 fully saturated rings. The van der Waals surface area contributed by atoms with E-state index >= 15 is 0 Å². The second-order valence-corrected chi connectivity index (χ2v) is 6.11. The summed E-state index contributed by atoms with van der Waals surface area (Å²) in [4.78, 5) is 12.1. The number of aromatic nitrogens is 2. The largest absolute Gasteiger partial charge is 0.383 e. The van der Waals surface area contributed by atoms with Gasteiger partial charge in [-0.2, -0.15) is 5.10 Å². The SMILES string of the molecule is COCCn1ncc(NCCC2CCCNC2)c(Br)c1=O. The normalized spacial score (nSPS) is 18.7. The van der Waals surface area contributed by atoms with E-state index in [-0.39, 0.29) is 5.56 Å². The van der Waals surface area contributed by atoms with Crippen molar-refractivity contribution in [1.82, 2.24) is 15.1 Å². The first-order valence-electron chi connectivity index (χ1n) is 7.41. The lowest BCUT2D eigenvalue weighted by Crippen LogP contribution is -2.31. The molecule has 0 bridgehead atoms. The molecule has 1 aromatic heterocycles. The fourth-order valence-corrected chi connectivity index (χ4v) is 2.95. The highest BCUT2D eigenvalue weighted by Gasteiger charge is 2.13. The molecule has 2 heterocycles. The third-order valence-electron chi connectivity index (χ3n) is 3.76. The van der Waals surface area contributed by atoms with Crippen molar-refractivity contribution in [3.8, 4) is 0 Å². The average Bonchev–Trinajstić information content (AvgIpc) is 2.52. The van der Waals surface area contributed by atoms with E-state index in [1.54, 1.807) is 13.3 Å². The van der Waals surface area contributed by atoms with Gasteiger partial charge in [-0.3, -0.25) is 4.79 Å². The smallest absolute Gasteiger partial charge is 0.283 e. The Bertz CT molecular complexity index is 500. The summed E-state index contributed by atoms with van der Waals surface area (Å²) >= 11 is 3.36. The van der Waals surface area contributed by atoms with E-state index in [4.69, 9.17) is 4.74 Å². The van der Waals surface area contributed by atoms with E-state index < -0.39 is 0 Å². The van der Waals surface area contributed by atoms with Crippen LogP contribution in [0, 0.1) is 5.92 Å². The molecular weight excluding hydrogens is 336 g/mol. The van der Waals surface area contributed by atoms with Crippen LogP contribution < -0.4 is 16.2 Å². The summed E-state index contributed by atoms with van der Waals surface area (Å²) in [7, 11) is 1.61. The Morgan fingerprint density at radius 3 is 3.19 bits per heavy atom. The van der Waals surface area contributed by atoms with Crippen molar-refractivity contribution < 1.29 is 4.74 Å². The maximum atomic E-state index is 12.1. The van der Waals surface area contributed by atoms with E-state index in [0.29, 0.717) is 17.6 Å². The van der Waals surface area contributed by atoms with Crippen LogP contribution >= 0.6 is 15.9 Å². The molecule has 1 atom stereocenters. The highest BCUT2D eigenvalue weighted by molar-refractivity contribution is 9.10. The first kappa shape index (κ1) is 16.5. The third kappa shape index (κ3) is 4.79. The number of nitrogens with zero attached hydrogens (tertiary/aromatic N) is 2. The van der Waals surface area contributed by atoms with Gasteiger partial charge in [0.2, 0.25) is 0 Å². The van der Waals surface area contributed by atoms with Crippen LogP contribution in [0.1, 0.15) is 19.3 Å². The molecular formula is C14H23BrN4O2. The van der Waals surface area contributed by atoms with Gasteiger partial charge in [0, 0.05) is 13.7 Å². The van der Waals surface area contributed by atoms with Crippen molar-refractivity contribution in [3.63, 3.8) is 0 Å². The van der Waals surface area contributed by atoms with Gasteiger partial charge in [-0.25, -0.2) is 4.68 Å². The first-order valence-corrected chi connectivity index (χ1v) is 8.21. The summed E-state index contributed by atoms with van der Waals surface area (Å²) in [6, 6.07) is 0. The van der Waals surface area contributed by atoms with E-state index in [1.165, 1.54) is 17.5 Å². The molecule has 1 aliphatic heterocycles. The predicted molar refractivity (Wildman–Crippen MR) is 86.8 cm³/mol. The van der Waals surface area contributed by atoms with Crippen molar-refractivity contribution in [3.05, 3.63) is 21.0 Å². The summed E-state index contributed by atoms with van der Waals surface area (Å²) in [5.74, 6) is 0.722. The molecule has 2 N–H and O–H groups in total. The third-order valence-corrected chi connectivity index (χ3v) is 4.53. The van der Waals surface area contributed by atoms with Crippen LogP contribution in [0.15, 0.2) is 15.5 Å². The highest BCUT2D eigenvalue weighted by atomic mass is 79.9. The van der Waals surface area contributed by atoms with Crippen molar-refractivity contribution in [2.24, 2.45) is 5.92 Å². The van der Waals surface area contributed by atoms with Gasteiger partial charge < -0.3 is 15.4 Å². The number of hydrogen-bond donors (Lipinski definition) is 2. The van der Waals surface area contributed by atoms with Crippen molar-refractivity contribution >= 4 is 21.6 Å². The van der Waals surface area contributed by atoms with Gasteiger partial charge in [0.25, 0.3) is 5.56 Å². The van der Waals surface area contributed by atoms with E-state index in [9.17, 15) is 4.79 Å². The Balaban J connectivity index is 1.88. The van der Waals surface area contributed by atoms with Crippen LogP contribution in [-0.2, 0) is 11.3 Å². The maximum Gasteiger partial charge on any atom is 0.283 e. The lowest BCUT2D eigenvalue weighted by atomic mass is 9.96. The summed E-state index contributed by atoms with van der Waals surface area (Å²) in [5, 5.41) is 10.9. The molecule has 0 aliphatic carbocycles. The Morgan fingerprint density at radius 1 is 1.62 bits per heavy atom. The maximum absolute atomic E-state index is 12.1. The second-order valence-electron chi connectivity index (χ2n) is 5.32. The number of hydrogen-bond acceptors (Lipinski definition) is 5. The molecule has 1 aliphatic rings. The fraction of sp³-hybridized carbons (Fsp3) is 0.714. The molecule has 0 radical (unpaired) electrons. The van der Waals surface area contributed by atoms with E-state index in [1.807, 2.05) is 0 Å². The van der Waals surface area contributed by atoms with Crippen molar-refractivity contribution in [2.45, 2.75) is 25.8 Å². The molecule has 2 rings (SSSR count). The lowest BCUT2D eigenvalue weighted by Gasteiger charge is -2.22. The molecule has 1 saturated heterocycles. The molecule has 0 spiro atoms. The van der Waals surface area contributed by atoms with Gasteiger partial charge in [0.1, 0.15) is 4.47 Å². The molecule has 6 nitrogen and oxygen atoms in total. The van der Waals surface area contributed by atoms with Crippen molar-refractivity contribution in [2.75, 3.05) is 38.7 Å². The van der Waals surface area contributed by atoms with Crippen LogP contribution in [0.5, 0.6) is 0 Å². The van der Waals surface area contributed by atoms with Gasteiger partial charge in [-0.1, -0.05) is 0 Å². The van der Waals surface area contributed by atoms with Crippen LogP contribution in [0.2, 0.25) is 0 Å². The molecule has 1 aromatic rings. The second kappa shape index (κ2) is 8.51. The molecule has 0 amide bonds. The van der Waals surface area contributed by atoms with Crippen LogP contribution in [-0.4, -0.2) is 43.1 Å². The van der Waals surface area contributed by atoms with Gasteiger partial charge in [-0.05, 0) is 54.2 Å². The first-order chi connectivity index (χ1) is 10.2. The minimum atomic E-state index is -0.128. The summed E-state index contributed by atoms with van der Waals surface area (Å²) < 4.78 is 6.91. The average molecular weight is 359 g/mol. The topological polar surface area (TPSA) is 68.2 Å². The molecule has 1 unspecified atom stereocenters. The Morgan fingerprint density at radius 2 is 2.48 bits per heavy atom. The molecule has 7 heteroatoms. The molecule has 0 saturated carbocycles. The monoisotopic (exact) mass is 358 g/mol. The standard InChI is InChI=1S/C14H23BrN4O2/c1-21-8-7-19-14(20)13(15)12(10-18-19)17-6-4-11-3-2-5-16-9-11/h10-11,16-17H,2-9H2,1H3. The zero-order valence-corrected chi connectivity index (χ0v) is 14.0. The quantitative estimate of drug-likeness (QED) is 0.772. The number of anilines is 1. The van der Waals surface area contributed by atoms with Gasteiger partial charge >= 0.3 is 0 Å². The number of ether oxygens (including phenoxy) is 1. The van der Waals surface area contributed by atoms with Crippen molar-refractivity contribution in [1.29, 1.82) is 0 Å². The summed E-state index contributed by atoms with van der Waals surface area (Å²) in [5.41, 5.74) is 0.633. The Labute approximate surface area is 133 Å². The highest BCUT2D eigenvalue weighted by Crippen LogP contribution is 2.18. The minimum absolute atomic E-state index is 0.128. The minimum Gasteiger partial charge on any atom is -0.383 e. The fourth-order valence-electron chi connectivity index (χ4n) is 2.51. The van der Waals surface area contributed by atoms with Crippen LogP contribution in [0.25, 0.3) is 0 Å². The van der Waals surface area contributed by atoms with Gasteiger partial charge in [0.15, 0.2) is 0 Å². The van der Waals surface area contributed by atoms with Crippen LogP contribution in [0.4, 0.5) is 5.69 Å². The molecule has 118 valence electrons. The molecule has 0 aromatic carbocycles. The predicted octanol–water partition coefficient (Wildman–Crippen LogP) is 1.45. The number of nitrogens with one attached hydrogen (secondary N) is 2. The Hall–Kier alpha value is -0.920. The number of rotatable bonds is 7.